The topological polar surface area (TPSA) is 43.7 Å². The first-order valence-corrected chi connectivity index (χ1v) is 9.65. The van der Waals surface area contributed by atoms with Crippen molar-refractivity contribution in [1.82, 2.24) is 4.90 Å². The molecule has 0 amide bonds. The van der Waals surface area contributed by atoms with Crippen LogP contribution in [-0.4, -0.2) is 45.4 Å². The molecule has 0 bridgehead atoms. The van der Waals surface area contributed by atoms with Gasteiger partial charge in [0, 0.05) is 25.0 Å². The number of aliphatic hydroxyl groups is 2. The fourth-order valence-electron chi connectivity index (χ4n) is 4.33. The molecule has 1 aliphatic heterocycles. The van der Waals surface area contributed by atoms with E-state index in [0.717, 1.165) is 12.8 Å². The highest BCUT2D eigenvalue weighted by Crippen LogP contribution is 2.29. The minimum atomic E-state index is -0.824. The summed E-state index contributed by atoms with van der Waals surface area (Å²) in [6, 6.07) is 19.3. The fourth-order valence-corrected chi connectivity index (χ4v) is 4.33. The van der Waals surface area contributed by atoms with Crippen LogP contribution >= 0.6 is 0 Å². The van der Waals surface area contributed by atoms with Gasteiger partial charge in [-0.3, -0.25) is 4.90 Å². The second-order valence-electron chi connectivity index (χ2n) is 8.19. The van der Waals surface area contributed by atoms with Crippen LogP contribution in [0.2, 0.25) is 0 Å². The van der Waals surface area contributed by atoms with Crippen LogP contribution in [0.15, 0.2) is 54.6 Å². The highest BCUT2D eigenvalue weighted by Gasteiger charge is 2.35. The van der Waals surface area contributed by atoms with E-state index in [2.05, 4.69) is 49.1 Å². The molecule has 0 spiro atoms. The molecule has 26 heavy (non-hydrogen) atoms. The van der Waals surface area contributed by atoms with E-state index in [-0.39, 0.29) is 18.2 Å². The summed E-state index contributed by atoms with van der Waals surface area (Å²) in [6.45, 7) is 6.84. The lowest BCUT2D eigenvalue weighted by Crippen LogP contribution is -2.54. The molecule has 0 aromatic heterocycles. The Labute approximate surface area is 157 Å². The van der Waals surface area contributed by atoms with Crippen molar-refractivity contribution in [2.24, 2.45) is 0 Å². The summed E-state index contributed by atoms with van der Waals surface area (Å²) in [5, 5.41) is 21.2. The van der Waals surface area contributed by atoms with Crippen molar-refractivity contribution in [2.75, 3.05) is 6.54 Å². The van der Waals surface area contributed by atoms with Crippen LogP contribution in [0.1, 0.15) is 39.2 Å². The van der Waals surface area contributed by atoms with Crippen LogP contribution in [0.3, 0.4) is 0 Å². The molecule has 2 aromatic rings. The van der Waals surface area contributed by atoms with E-state index in [1.54, 1.807) is 0 Å². The zero-order valence-corrected chi connectivity index (χ0v) is 16.1. The largest absolute Gasteiger partial charge is 0.393 e. The minimum Gasteiger partial charge on any atom is -0.393 e. The summed E-state index contributed by atoms with van der Waals surface area (Å²) < 4.78 is 0. The monoisotopic (exact) mass is 353 g/mol. The quantitative estimate of drug-likeness (QED) is 0.857. The Morgan fingerprint density at radius 3 is 2.19 bits per heavy atom. The Kier molecular flexibility index (Phi) is 5.81. The number of likely N-dealkylation sites (tertiary alicyclic amines) is 1. The van der Waals surface area contributed by atoms with Crippen LogP contribution in [0.4, 0.5) is 0 Å². The van der Waals surface area contributed by atoms with Gasteiger partial charge in [-0.2, -0.15) is 0 Å². The van der Waals surface area contributed by atoms with Crippen LogP contribution < -0.4 is 0 Å². The number of rotatable bonds is 5. The standard InChI is InChI=1S/C23H31NO2/c1-17-13-21(25)14-18(2)24(17)16-23(3,26)15-20-11-7-8-12-22(20)19-9-5-4-6-10-19/h4-12,17-18,21,25-26H,13-16H2,1-3H3. The van der Waals surface area contributed by atoms with Gasteiger partial charge in [0.25, 0.3) is 0 Å². The summed E-state index contributed by atoms with van der Waals surface area (Å²) in [7, 11) is 0. The Balaban J connectivity index is 1.78. The lowest BCUT2D eigenvalue weighted by atomic mass is 9.87. The number of hydrogen-bond acceptors (Lipinski definition) is 3. The number of nitrogens with zero attached hydrogens (tertiary/aromatic N) is 1. The molecule has 1 saturated heterocycles. The lowest BCUT2D eigenvalue weighted by Gasteiger charge is -2.44. The highest BCUT2D eigenvalue weighted by molar-refractivity contribution is 5.67. The van der Waals surface area contributed by atoms with E-state index in [9.17, 15) is 10.2 Å². The number of aliphatic hydroxyl groups excluding tert-OH is 1. The van der Waals surface area contributed by atoms with Gasteiger partial charge in [0.1, 0.15) is 0 Å². The zero-order valence-electron chi connectivity index (χ0n) is 16.1. The van der Waals surface area contributed by atoms with Gasteiger partial charge < -0.3 is 10.2 Å². The second-order valence-corrected chi connectivity index (χ2v) is 8.19. The number of β-amino-alcohol motifs (C(OH)–C–C–N with tert-alkyl or cyclic N) is 1. The molecule has 2 aromatic carbocycles. The molecule has 0 saturated carbocycles. The summed E-state index contributed by atoms with van der Waals surface area (Å²) in [4.78, 5) is 2.35. The van der Waals surface area contributed by atoms with Crippen LogP contribution in [0.25, 0.3) is 11.1 Å². The van der Waals surface area contributed by atoms with E-state index in [4.69, 9.17) is 0 Å². The van der Waals surface area contributed by atoms with E-state index in [1.165, 1.54) is 16.7 Å². The Morgan fingerprint density at radius 1 is 0.962 bits per heavy atom. The number of hydrogen-bond donors (Lipinski definition) is 2. The Morgan fingerprint density at radius 2 is 1.54 bits per heavy atom. The maximum atomic E-state index is 11.2. The fraction of sp³-hybridized carbons (Fsp3) is 0.478. The first kappa shape index (κ1) is 19.1. The molecule has 1 fully saturated rings. The molecular formula is C23H31NO2. The molecule has 3 heteroatoms. The van der Waals surface area contributed by atoms with E-state index in [1.807, 2.05) is 31.2 Å². The van der Waals surface area contributed by atoms with E-state index < -0.39 is 5.60 Å². The molecule has 3 nitrogen and oxygen atoms in total. The van der Waals surface area contributed by atoms with Crippen molar-refractivity contribution >= 4 is 0 Å². The third kappa shape index (κ3) is 4.53. The smallest absolute Gasteiger partial charge is 0.0786 e. The third-order valence-corrected chi connectivity index (χ3v) is 5.56. The first-order valence-electron chi connectivity index (χ1n) is 9.65. The SMILES string of the molecule is CC1CC(O)CC(C)N1CC(C)(O)Cc1ccccc1-c1ccccc1. The van der Waals surface area contributed by atoms with Crippen LogP contribution in [-0.2, 0) is 6.42 Å². The van der Waals surface area contributed by atoms with E-state index >= 15 is 0 Å². The van der Waals surface area contributed by atoms with Gasteiger partial charge >= 0.3 is 0 Å². The Bertz CT molecular complexity index is 701. The van der Waals surface area contributed by atoms with Crippen molar-refractivity contribution < 1.29 is 10.2 Å². The van der Waals surface area contributed by atoms with Gasteiger partial charge in [-0.05, 0) is 50.3 Å². The maximum absolute atomic E-state index is 11.2. The molecule has 3 atom stereocenters. The predicted octanol–water partition coefficient (Wildman–Crippen LogP) is 3.88. The number of benzene rings is 2. The summed E-state index contributed by atoms with van der Waals surface area (Å²) in [5.41, 5.74) is 2.71. The molecule has 0 radical (unpaired) electrons. The maximum Gasteiger partial charge on any atom is 0.0786 e. The molecule has 1 aliphatic rings. The molecular weight excluding hydrogens is 322 g/mol. The normalized spacial score (nSPS) is 26.4. The van der Waals surface area contributed by atoms with Gasteiger partial charge in [-0.25, -0.2) is 0 Å². The summed E-state index contributed by atoms with van der Waals surface area (Å²) in [5.74, 6) is 0. The van der Waals surface area contributed by atoms with Crippen molar-refractivity contribution in [3.8, 4) is 11.1 Å². The van der Waals surface area contributed by atoms with Crippen molar-refractivity contribution in [3.63, 3.8) is 0 Å². The molecule has 140 valence electrons. The summed E-state index contributed by atoms with van der Waals surface area (Å²) in [6.07, 6.45) is 1.94. The molecule has 3 unspecified atom stereocenters. The molecule has 0 aliphatic carbocycles. The van der Waals surface area contributed by atoms with Crippen molar-refractivity contribution in [1.29, 1.82) is 0 Å². The molecule has 3 rings (SSSR count). The van der Waals surface area contributed by atoms with Gasteiger partial charge in [0.05, 0.1) is 11.7 Å². The van der Waals surface area contributed by atoms with Gasteiger partial charge in [0.2, 0.25) is 0 Å². The summed E-state index contributed by atoms with van der Waals surface area (Å²) >= 11 is 0. The van der Waals surface area contributed by atoms with E-state index in [0.29, 0.717) is 13.0 Å². The van der Waals surface area contributed by atoms with Gasteiger partial charge in [-0.1, -0.05) is 54.6 Å². The minimum absolute atomic E-state index is 0.222. The second kappa shape index (κ2) is 7.91. The van der Waals surface area contributed by atoms with Crippen LogP contribution in [0.5, 0.6) is 0 Å². The van der Waals surface area contributed by atoms with Gasteiger partial charge in [-0.15, -0.1) is 0 Å². The average Bonchev–Trinajstić information content (AvgIpc) is 2.59. The predicted molar refractivity (Wildman–Crippen MR) is 107 cm³/mol. The van der Waals surface area contributed by atoms with Crippen molar-refractivity contribution in [2.45, 2.75) is 63.8 Å². The average molecular weight is 354 g/mol. The Hall–Kier alpha value is -1.68. The zero-order chi connectivity index (χ0) is 18.7. The lowest BCUT2D eigenvalue weighted by molar-refractivity contribution is -0.0450. The molecule has 1 heterocycles. The van der Waals surface area contributed by atoms with Crippen LogP contribution in [0, 0.1) is 0 Å². The number of piperidine rings is 1. The van der Waals surface area contributed by atoms with Crippen molar-refractivity contribution in [3.05, 3.63) is 60.2 Å². The third-order valence-electron chi connectivity index (χ3n) is 5.56. The van der Waals surface area contributed by atoms with Gasteiger partial charge in [0.15, 0.2) is 0 Å². The first-order chi connectivity index (χ1) is 12.4. The highest BCUT2D eigenvalue weighted by atomic mass is 16.3. The molecule has 2 N–H and O–H groups in total.